The van der Waals surface area contributed by atoms with Crippen LogP contribution in [-0.4, -0.2) is 47.3 Å². The topological polar surface area (TPSA) is 104 Å². The Morgan fingerprint density at radius 2 is 2.11 bits per heavy atom. The molecule has 2 aromatic rings. The van der Waals surface area contributed by atoms with Crippen molar-refractivity contribution < 1.29 is 14.4 Å². The number of carbonyl (C=O) groups excluding carboxylic acids is 3. The zero-order valence-corrected chi connectivity index (χ0v) is 16.5. The molecule has 142 valence electrons. The number of benzene rings is 1. The summed E-state index contributed by atoms with van der Waals surface area (Å²) in [5, 5.41) is 13.5. The first-order valence-corrected chi connectivity index (χ1v) is 10.1. The lowest BCUT2D eigenvalue weighted by Crippen LogP contribution is -2.28. The molecule has 1 atom stereocenters. The standard InChI is InChI=1S/C17H19N5O3S2/c1-10-5-3-4-6-12(10)22-8-11(7-14(22)24)15(25)19-16-20-21-17(27-16)26-9-13(23)18-2/h3-6,11H,7-9H2,1-2H3,(H,18,23)(H,19,20,25)/t11-/m0/s1. The van der Waals surface area contributed by atoms with Crippen molar-refractivity contribution in [1.29, 1.82) is 0 Å². The average Bonchev–Trinajstić information content (AvgIpc) is 3.26. The number of thioether (sulfide) groups is 1. The summed E-state index contributed by atoms with van der Waals surface area (Å²) >= 11 is 2.46. The number of rotatable bonds is 6. The van der Waals surface area contributed by atoms with E-state index in [1.807, 2.05) is 31.2 Å². The van der Waals surface area contributed by atoms with E-state index in [4.69, 9.17) is 0 Å². The minimum absolute atomic E-state index is 0.0662. The van der Waals surface area contributed by atoms with Gasteiger partial charge in [-0.1, -0.05) is 41.3 Å². The maximum absolute atomic E-state index is 12.5. The van der Waals surface area contributed by atoms with E-state index < -0.39 is 5.92 Å². The van der Waals surface area contributed by atoms with Gasteiger partial charge in [0.2, 0.25) is 22.9 Å². The van der Waals surface area contributed by atoms with Crippen LogP contribution in [0.15, 0.2) is 28.6 Å². The number of carbonyl (C=O) groups is 3. The third kappa shape index (κ3) is 4.64. The van der Waals surface area contributed by atoms with E-state index in [9.17, 15) is 14.4 Å². The number of aryl methyl sites for hydroxylation is 1. The highest BCUT2D eigenvalue weighted by atomic mass is 32.2. The Kier molecular flexibility index (Phi) is 6.07. The molecule has 3 amide bonds. The van der Waals surface area contributed by atoms with Crippen molar-refractivity contribution in [3.05, 3.63) is 29.8 Å². The molecule has 2 heterocycles. The Morgan fingerprint density at radius 3 is 2.85 bits per heavy atom. The summed E-state index contributed by atoms with van der Waals surface area (Å²) in [6, 6.07) is 7.62. The third-order valence-electron chi connectivity index (χ3n) is 4.14. The fourth-order valence-corrected chi connectivity index (χ4v) is 4.33. The molecule has 1 aromatic heterocycles. The van der Waals surface area contributed by atoms with Crippen LogP contribution in [0.3, 0.4) is 0 Å². The second-order valence-electron chi connectivity index (χ2n) is 6.02. The number of para-hydroxylation sites is 1. The van der Waals surface area contributed by atoms with Crippen LogP contribution in [0.5, 0.6) is 0 Å². The molecule has 1 fully saturated rings. The van der Waals surface area contributed by atoms with Gasteiger partial charge in [0.25, 0.3) is 0 Å². The largest absolute Gasteiger partial charge is 0.358 e. The lowest BCUT2D eigenvalue weighted by molar-refractivity contribution is -0.122. The van der Waals surface area contributed by atoms with Crippen LogP contribution in [0.4, 0.5) is 10.8 Å². The predicted octanol–water partition coefficient (Wildman–Crippen LogP) is 1.68. The van der Waals surface area contributed by atoms with Crippen molar-refractivity contribution in [2.45, 2.75) is 17.7 Å². The van der Waals surface area contributed by atoms with Crippen LogP contribution < -0.4 is 15.5 Å². The first-order valence-electron chi connectivity index (χ1n) is 8.31. The fraction of sp³-hybridized carbons (Fsp3) is 0.353. The highest BCUT2D eigenvalue weighted by Gasteiger charge is 2.36. The lowest BCUT2D eigenvalue weighted by atomic mass is 10.1. The highest BCUT2D eigenvalue weighted by Crippen LogP contribution is 2.29. The molecule has 10 heteroatoms. The molecule has 1 aromatic carbocycles. The van der Waals surface area contributed by atoms with Crippen molar-refractivity contribution in [3.63, 3.8) is 0 Å². The predicted molar refractivity (Wildman–Crippen MR) is 105 cm³/mol. The maximum Gasteiger partial charge on any atom is 0.231 e. The van der Waals surface area contributed by atoms with Gasteiger partial charge >= 0.3 is 0 Å². The van der Waals surface area contributed by atoms with E-state index in [1.54, 1.807) is 11.9 Å². The molecule has 3 rings (SSSR count). The molecule has 0 aliphatic carbocycles. The molecule has 0 spiro atoms. The van der Waals surface area contributed by atoms with Gasteiger partial charge < -0.3 is 15.5 Å². The Bertz CT molecular complexity index is 870. The molecule has 0 saturated carbocycles. The molecule has 2 N–H and O–H groups in total. The van der Waals surface area contributed by atoms with Crippen molar-refractivity contribution in [1.82, 2.24) is 15.5 Å². The van der Waals surface area contributed by atoms with Crippen LogP contribution in [0.25, 0.3) is 0 Å². The molecule has 0 radical (unpaired) electrons. The van der Waals surface area contributed by atoms with Crippen LogP contribution in [0.2, 0.25) is 0 Å². The summed E-state index contributed by atoms with van der Waals surface area (Å²) in [6.07, 6.45) is 0.164. The highest BCUT2D eigenvalue weighted by molar-refractivity contribution is 8.01. The summed E-state index contributed by atoms with van der Waals surface area (Å²) in [5.41, 5.74) is 1.83. The summed E-state index contributed by atoms with van der Waals surface area (Å²) < 4.78 is 0.595. The summed E-state index contributed by atoms with van der Waals surface area (Å²) in [5.74, 6) is -0.631. The quantitative estimate of drug-likeness (QED) is 0.560. The van der Waals surface area contributed by atoms with Crippen LogP contribution >= 0.6 is 23.1 Å². The second kappa shape index (κ2) is 8.49. The van der Waals surface area contributed by atoms with Crippen molar-refractivity contribution >= 4 is 51.6 Å². The van der Waals surface area contributed by atoms with Gasteiger partial charge in [-0.05, 0) is 18.6 Å². The Hall–Kier alpha value is -2.46. The molecule has 1 aliphatic rings. The van der Waals surface area contributed by atoms with E-state index in [1.165, 1.54) is 23.1 Å². The number of amides is 3. The number of nitrogens with zero attached hydrogens (tertiary/aromatic N) is 3. The summed E-state index contributed by atoms with van der Waals surface area (Å²) in [6.45, 7) is 2.28. The molecule has 8 nitrogen and oxygen atoms in total. The average molecular weight is 406 g/mol. The van der Waals surface area contributed by atoms with Gasteiger partial charge in [0.05, 0.1) is 11.7 Å². The number of aromatic nitrogens is 2. The summed E-state index contributed by atoms with van der Waals surface area (Å²) in [4.78, 5) is 37.8. The third-order valence-corrected chi connectivity index (χ3v) is 6.12. The van der Waals surface area contributed by atoms with Crippen molar-refractivity contribution in [2.24, 2.45) is 5.92 Å². The Morgan fingerprint density at radius 1 is 1.33 bits per heavy atom. The zero-order chi connectivity index (χ0) is 19.4. The number of anilines is 2. The Labute approximate surface area is 164 Å². The Balaban J connectivity index is 1.59. The van der Waals surface area contributed by atoms with E-state index in [0.717, 1.165) is 11.3 Å². The molecular formula is C17H19N5O3S2. The SMILES string of the molecule is CNC(=O)CSc1nnc(NC(=O)[C@H]2CC(=O)N(c3ccccc3C)C2)s1. The van der Waals surface area contributed by atoms with E-state index in [2.05, 4.69) is 20.8 Å². The maximum atomic E-state index is 12.5. The van der Waals surface area contributed by atoms with Crippen molar-refractivity contribution in [2.75, 3.05) is 29.6 Å². The number of nitrogens with one attached hydrogen (secondary N) is 2. The number of hydrogen-bond acceptors (Lipinski definition) is 7. The van der Waals surface area contributed by atoms with Crippen molar-refractivity contribution in [3.8, 4) is 0 Å². The zero-order valence-electron chi connectivity index (χ0n) is 14.9. The first-order chi connectivity index (χ1) is 13.0. The first kappa shape index (κ1) is 19.3. The molecular weight excluding hydrogens is 386 g/mol. The molecule has 0 bridgehead atoms. The van der Waals surface area contributed by atoms with Gasteiger partial charge in [-0.15, -0.1) is 10.2 Å². The van der Waals surface area contributed by atoms with Gasteiger partial charge in [-0.25, -0.2) is 0 Å². The molecule has 0 unspecified atom stereocenters. The van der Waals surface area contributed by atoms with Crippen LogP contribution in [0.1, 0.15) is 12.0 Å². The second-order valence-corrected chi connectivity index (χ2v) is 8.22. The van der Waals surface area contributed by atoms with Gasteiger partial charge in [0.15, 0.2) is 4.34 Å². The smallest absolute Gasteiger partial charge is 0.231 e. The normalized spacial score (nSPS) is 16.4. The van der Waals surface area contributed by atoms with E-state index in [0.29, 0.717) is 16.0 Å². The monoisotopic (exact) mass is 405 g/mol. The molecule has 1 aliphatic heterocycles. The van der Waals surface area contributed by atoms with Crippen LogP contribution in [0, 0.1) is 12.8 Å². The fourth-order valence-electron chi connectivity index (χ4n) is 2.71. The van der Waals surface area contributed by atoms with Gasteiger partial charge in [0, 0.05) is 25.7 Å². The number of hydrogen-bond donors (Lipinski definition) is 2. The molecule has 27 heavy (non-hydrogen) atoms. The van der Waals surface area contributed by atoms with Gasteiger partial charge in [-0.3, -0.25) is 14.4 Å². The molecule has 1 saturated heterocycles. The van der Waals surface area contributed by atoms with Crippen LogP contribution in [-0.2, 0) is 14.4 Å². The van der Waals surface area contributed by atoms with Gasteiger partial charge in [-0.2, -0.15) is 0 Å². The minimum atomic E-state index is -0.442. The summed E-state index contributed by atoms with van der Waals surface area (Å²) in [7, 11) is 1.57. The lowest BCUT2D eigenvalue weighted by Gasteiger charge is -2.18. The minimum Gasteiger partial charge on any atom is -0.358 e. The van der Waals surface area contributed by atoms with E-state index >= 15 is 0 Å². The van der Waals surface area contributed by atoms with Gasteiger partial charge in [0.1, 0.15) is 0 Å². The van der Waals surface area contributed by atoms with E-state index in [-0.39, 0.29) is 29.9 Å².